The fourth-order valence-corrected chi connectivity index (χ4v) is 5.54. The van der Waals surface area contributed by atoms with Gasteiger partial charge in [-0.3, -0.25) is 14.8 Å². The number of hydrogen-bond acceptors (Lipinski definition) is 8. The van der Waals surface area contributed by atoms with E-state index in [1.807, 2.05) is 48.5 Å². The monoisotopic (exact) mass is 608 g/mol. The van der Waals surface area contributed by atoms with E-state index in [-0.39, 0.29) is 36.7 Å². The number of rotatable bonds is 14. The van der Waals surface area contributed by atoms with Crippen molar-refractivity contribution in [3.8, 4) is 0 Å². The van der Waals surface area contributed by atoms with Gasteiger partial charge in [-0.15, -0.1) is 11.8 Å². The molecule has 5 N–H and O–H groups in total. The molecule has 3 aromatic carbocycles. The molecule has 0 saturated carbocycles. The lowest BCUT2D eigenvalue weighted by atomic mass is 10.0. The van der Waals surface area contributed by atoms with Gasteiger partial charge in [0.25, 0.3) is 0 Å². The SMILES string of the molecule is O=C(CCCCC(=O)NCc1ccc([C@@H]2O[C@H](CSc3ccc(C(=O)O)cc3)C[C@H](c3ccc(CO)cc3)O2)cc1)NO. The summed E-state index contributed by atoms with van der Waals surface area (Å²) in [5, 5.41) is 30.0. The highest BCUT2D eigenvalue weighted by Gasteiger charge is 2.32. The number of hydroxylamine groups is 1. The minimum atomic E-state index is -0.961. The molecule has 0 radical (unpaired) electrons. The fraction of sp³-hybridized carbons (Fsp3) is 0.344. The molecule has 3 atom stereocenters. The number of amides is 2. The molecule has 3 aromatic rings. The molecule has 2 amide bonds. The number of carboxylic acid groups (broad SMARTS) is 1. The lowest BCUT2D eigenvalue weighted by molar-refractivity contribution is -0.245. The number of thioether (sulfide) groups is 1. The number of unbranched alkanes of at least 4 members (excludes halogenated alkanes) is 1. The summed E-state index contributed by atoms with van der Waals surface area (Å²) in [6, 6.07) is 22.1. The Morgan fingerprint density at radius 2 is 1.44 bits per heavy atom. The minimum absolute atomic E-state index is 0.0341. The molecule has 228 valence electrons. The van der Waals surface area contributed by atoms with Crippen LogP contribution >= 0.6 is 11.8 Å². The molecule has 0 unspecified atom stereocenters. The van der Waals surface area contributed by atoms with Gasteiger partial charge in [0, 0.05) is 42.0 Å². The Balaban J connectivity index is 1.37. The predicted octanol–water partition coefficient (Wildman–Crippen LogP) is 4.90. The van der Waals surface area contributed by atoms with E-state index < -0.39 is 18.2 Å². The van der Waals surface area contributed by atoms with Gasteiger partial charge in [-0.05, 0) is 53.8 Å². The van der Waals surface area contributed by atoms with Crippen molar-refractivity contribution in [2.75, 3.05) is 5.75 Å². The van der Waals surface area contributed by atoms with Crippen LogP contribution in [-0.2, 0) is 32.2 Å². The second kappa shape index (κ2) is 16.2. The number of ether oxygens (including phenoxy) is 2. The molecule has 1 saturated heterocycles. The van der Waals surface area contributed by atoms with Gasteiger partial charge in [-0.2, -0.15) is 0 Å². The first-order chi connectivity index (χ1) is 20.8. The van der Waals surface area contributed by atoms with Crippen molar-refractivity contribution >= 4 is 29.5 Å². The summed E-state index contributed by atoms with van der Waals surface area (Å²) in [6.07, 6.45) is 1.17. The van der Waals surface area contributed by atoms with Crippen molar-refractivity contribution in [3.05, 3.63) is 101 Å². The number of benzene rings is 3. The van der Waals surface area contributed by atoms with Gasteiger partial charge in [-0.25, -0.2) is 10.3 Å². The van der Waals surface area contributed by atoms with E-state index in [4.69, 9.17) is 19.8 Å². The molecule has 0 bridgehead atoms. The third-order valence-electron chi connectivity index (χ3n) is 7.08. The van der Waals surface area contributed by atoms with Crippen LogP contribution < -0.4 is 10.8 Å². The van der Waals surface area contributed by atoms with Crippen molar-refractivity contribution in [3.63, 3.8) is 0 Å². The fourth-order valence-electron chi connectivity index (χ4n) is 4.61. The molecule has 1 aliphatic rings. The van der Waals surface area contributed by atoms with E-state index in [0.29, 0.717) is 38.0 Å². The van der Waals surface area contributed by atoms with Gasteiger partial charge >= 0.3 is 5.97 Å². The Bertz CT molecular complexity index is 1350. The van der Waals surface area contributed by atoms with Gasteiger partial charge in [-0.1, -0.05) is 48.5 Å². The molecule has 43 heavy (non-hydrogen) atoms. The molecule has 4 rings (SSSR count). The molecule has 0 aromatic heterocycles. The lowest BCUT2D eigenvalue weighted by Crippen LogP contribution is -2.31. The van der Waals surface area contributed by atoms with Crippen molar-refractivity contribution < 1.29 is 39.3 Å². The minimum Gasteiger partial charge on any atom is -0.478 e. The van der Waals surface area contributed by atoms with Crippen LogP contribution in [0.2, 0.25) is 0 Å². The highest BCUT2D eigenvalue weighted by molar-refractivity contribution is 7.99. The summed E-state index contributed by atoms with van der Waals surface area (Å²) in [7, 11) is 0. The van der Waals surface area contributed by atoms with Crippen LogP contribution in [-0.4, -0.2) is 45.1 Å². The van der Waals surface area contributed by atoms with Crippen molar-refractivity contribution in [1.82, 2.24) is 10.8 Å². The van der Waals surface area contributed by atoms with Gasteiger partial charge in [0.15, 0.2) is 6.29 Å². The van der Waals surface area contributed by atoms with Crippen LogP contribution in [0, 0.1) is 0 Å². The summed E-state index contributed by atoms with van der Waals surface area (Å²) in [4.78, 5) is 35.3. The van der Waals surface area contributed by atoms with Gasteiger partial charge in [0.1, 0.15) is 0 Å². The summed E-state index contributed by atoms with van der Waals surface area (Å²) in [5.74, 6) is -0.889. The highest BCUT2D eigenvalue weighted by Crippen LogP contribution is 2.39. The quantitative estimate of drug-likeness (QED) is 0.0744. The molecule has 1 fully saturated rings. The molecule has 0 spiro atoms. The van der Waals surface area contributed by atoms with E-state index in [0.717, 1.165) is 27.1 Å². The number of aliphatic hydroxyl groups excluding tert-OH is 1. The molecule has 10 nitrogen and oxygen atoms in total. The topological polar surface area (TPSA) is 154 Å². The Hall–Kier alpha value is -3.74. The summed E-state index contributed by atoms with van der Waals surface area (Å²) in [6.45, 7) is 0.329. The Labute approximate surface area is 254 Å². The first kappa shape index (κ1) is 32.2. The van der Waals surface area contributed by atoms with Crippen molar-refractivity contribution in [1.29, 1.82) is 0 Å². The zero-order valence-corrected chi connectivity index (χ0v) is 24.4. The number of aliphatic hydroxyl groups is 1. The standard InChI is InChI=1S/C32H36N2O8S/c35-19-22-7-9-23(10-8-22)28-17-26(20-43-27-15-13-24(14-16-27)31(38)39)41-32(42-28)25-11-5-21(6-12-25)18-33-29(36)3-1-2-4-30(37)34-40/h5-16,26,28,32,35,40H,1-4,17-20H2,(H,33,36)(H,34,37)(H,38,39)/t26-,28+,32+/m0/s1. The molecule has 0 aliphatic carbocycles. The first-order valence-electron chi connectivity index (χ1n) is 14.1. The second-order valence-corrected chi connectivity index (χ2v) is 11.3. The molecular formula is C32H36N2O8S. The lowest BCUT2D eigenvalue weighted by Gasteiger charge is -2.36. The normalized spacial score (nSPS) is 18.1. The molecule has 1 aliphatic heterocycles. The Morgan fingerprint density at radius 1 is 0.814 bits per heavy atom. The number of carbonyl (C=O) groups excluding carboxylic acids is 2. The van der Waals surface area contributed by atoms with E-state index in [1.54, 1.807) is 41.5 Å². The van der Waals surface area contributed by atoms with Gasteiger partial charge in [0.05, 0.1) is 24.4 Å². The van der Waals surface area contributed by atoms with Crippen LogP contribution in [0.5, 0.6) is 0 Å². The number of nitrogens with one attached hydrogen (secondary N) is 2. The van der Waals surface area contributed by atoms with Gasteiger partial charge in [0.2, 0.25) is 11.8 Å². The van der Waals surface area contributed by atoms with E-state index in [2.05, 4.69) is 5.32 Å². The van der Waals surface area contributed by atoms with Crippen LogP contribution in [0.3, 0.4) is 0 Å². The summed E-state index contributed by atoms with van der Waals surface area (Å²) >= 11 is 1.59. The number of aromatic carboxylic acids is 1. The molecular weight excluding hydrogens is 572 g/mol. The van der Waals surface area contributed by atoms with Crippen molar-refractivity contribution in [2.45, 2.75) is 68.6 Å². The maximum absolute atomic E-state index is 12.2. The maximum atomic E-state index is 12.2. The Morgan fingerprint density at radius 3 is 2.07 bits per heavy atom. The summed E-state index contributed by atoms with van der Waals surface area (Å²) < 4.78 is 12.8. The average molecular weight is 609 g/mol. The number of hydrogen-bond donors (Lipinski definition) is 5. The Kier molecular flexibility index (Phi) is 12.1. The van der Waals surface area contributed by atoms with Crippen LogP contribution in [0.25, 0.3) is 0 Å². The van der Waals surface area contributed by atoms with Gasteiger partial charge < -0.3 is 25.0 Å². The number of carbonyl (C=O) groups is 3. The third kappa shape index (κ3) is 9.91. The predicted molar refractivity (Wildman–Crippen MR) is 159 cm³/mol. The molecule has 11 heteroatoms. The van der Waals surface area contributed by atoms with Crippen molar-refractivity contribution in [2.24, 2.45) is 0 Å². The second-order valence-electron chi connectivity index (χ2n) is 10.3. The smallest absolute Gasteiger partial charge is 0.335 e. The molecule has 1 heterocycles. The van der Waals surface area contributed by atoms with Crippen LogP contribution in [0.1, 0.15) is 77.1 Å². The zero-order chi connectivity index (χ0) is 30.6. The van der Waals surface area contributed by atoms with E-state index in [9.17, 15) is 19.5 Å². The van der Waals surface area contributed by atoms with Crippen LogP contribution in [0.4, 0.5) is 0 Å². The highest BCUT2D eigenvalue weighted by atomic mass is 32.2. The average Bonchev–Trinajstić information content (AvgIpc) is 3.05. The maximum Gasteiger partial charge on any atom is 0.335 e. The summed E-state index contributed by atoms with van der Waals surface area (Å²) in [5.41, 5.74) is 5.39. The number of carboxylic acids is 1. The van der Waals surface area contributed by atoms with Crippen LogP contribution in [0.15, 0.2) is 77.7 Å². The first-order valence-corrected chi connectivity index (χ1v) is 15.1. The zero-order valence-electron chi connectivity index (χ0n) is 23.6. The third-order valence-corrected chi connectivity index (χ3v) is 8.22. The largest absolute Gasteiger partial charge is 0.478 e. The van der Waals surface area contributed by atoms with E-state index >= 15 is 0 Å². The van der Waals surface area contributed by atoms with E-state index in [1.165, 1.54) is 0 Å².